The Balaban J connectivity index is 0.000000329. The number of fused-ring (bicyclic) bond motifs is 20. The van der Waals surface area contributed by atoms with Gasteiger partial charge in [-0.2, -0.15) is 0 Å². The quantitative estimate of drug-likeness (QED) is 0.0824. The van der Waals surface area contributed by atoms with E-state index in [0.717, 1.165) is 90.9 Å². The van der Waals surface area contributed by atoms with Crippen LogP contribution in [0.5, 0.6) is 0 Å². The molecule has 0 unspecified atom stereocenters. The molecule has 78 heavy (non-hydrogen) atoms. The third kappa shape index (κ3) is 27.1. The summed E-state index contributed by atoms with van der Waals surface area (Å²) in [6.07, 6.45) is 16.2. The summed E-state index contributed by atoms with van der Waals surface area (Å²) in [4.78, 5) is 0. The molecule has 0 fully saturated rings. The van der Waals surface area contributed by atoms with Crippen molar-refractivity contribution in [3.8, 4) is 0 Å². The molecule has 0 saturated heterocycles. The number of benzene rings is 4. The summed E-state index contributed by atoms with van der Waals surface area (Å²) in [6.45, 7) is 8.11. The maximum atomic E-state index is 9.87. The smallest absolute Gasteiger partial charge is 0.230 e. The van der Waals surface area contributed by atoms with E-state index in [-0.39, 0.29) is 0 Å². The van der Waals surface area contributed by atoms with Gasteiger partial charge in [-0.3, -0.25) is 0 Å². The van der Waals surface area contributed by atoms with Gasteiger partial charge in [0, 0.05) is 12.8 Å². The predicted molar refractivity (Wildman–Crippen MR) is 251 cm³/mol. The maximum Gasteiger partial charge on any atom is 0.244 e. The molecule has 8 aromatic rings. The van der Waals surface area contributed by atoms with Gasteiger partial charge in [-0.25, -0.2) is 36.5 Å². The zero-order valence-electron chi connectivity index (χ0n) is 39.9. The Morgan fingerprint density at radius 2 is 0.397 bits per heavy atom. The molecule has 5 heterocycles. The minimum Gasteiger partial charge on any atom is -0.230 e. The fourth-order valence-electron chi connectivity index (χ4n) is 8.35. The van der Waals surface area contributed by atoms with Crippen LogP contribution in [0.4, 0.5) is 101 Å². The molecule has 4 aromatic carbocycles. The van der Waals surface area contributed by atoms with E-state index in [0.29, 0.717) is 0 Å². The SMILES string of the molecule is F[P-](F)(F)(F)(F)F.F[P-](F)(F)(F)(F)F.F[P-](F)(F)(F)(F)F.F[P-](F)(F)(F)(F)F.c1ccc2c(c1)n1c[n+]2CCC[n+]2cn(c3ccccc32)CCCCn2c[n+](c3ccccc32)CCC[n+]2cn(c3ccccc32)CCCC1. The standard InChI is InChI=1S/C42H48N8.4F6P/c1-5-19-39-35(15-1)43-23-9-10-24-44-32-49(41-21-7-2-16-36(41)44)29-14-30-50-34-46(38-18-4-8-22-42(38)50)26-12-11-25-45-33-48(28-13-27-47(39)31-43)40-20-6-3-17-37(40)45;4*1-7(2,3,4,5)6/h1-8,15-22,31-34H,9-14,23-30H2;;;;/q+4;4*-1. The first kappa shape index (κ1) is 63.6. The number of imidazole rings is 4. The van der Waals surface area contributed by atoms with Crippen LogP contribution in [0.1, 0.15) is 38.5 Å². The van der Waals surface area contributed by atoms with Crippen molar-refractivity contribution in [2.24, 2.45) is 0 Å². The number of aryl methyl sites for hydroxylation is 8. The van der Waals surface area contributed by atoms with E-state index in [9.17, 15) is 101 Å². The van der Waals surface area contributed by atoms with E-state index in [1.165, 1.54) is 44.1 Å². The van der Waals surface area contributed by atoms with Crippen LogP contribution < -0.4 is 18.3 Å². The minimum absolute atomic E-state index is 1.00. The number of hydrogen-bond acceptors (Lipinski definition) is 0. The first-order valence-electron chi connectivity index (χ1n) is 22.8. The summed E-state index contributed by atoms with van der Waals surface area (Å²) >= 11 is 0. The van der Waals surface area contributed by atoms with Crippen LogP contribution in [0, 0.1) is 0 Å². The van der Waals surface area contributed by atoms with Gasteiger partial charge in [-0.1, -0.05) is 48.5 Å². The molecule has 1 aliphatic heterocycles. The summed E-state index contributed by atoms with van der Waals surface area (Å²) in [5, 5.41) is 0. The predicted octanol–water partition coefficient (Wildman–Crippen LogP) is 19.6. The van der Waals surface area contributed by atoms with E-state index in [4.69, 9.17) is 0 Å². The number of rotatable bonds is 0. The minimum atomic E-state index is -10.7. The maximum absolute atomic E-state index is 10.7. The van der Waals surface area contributed by atoms with E-state index in [2.05, 4.69) is 159 Å². The molecule has 4 aromatic heterocycles. The molecule has 444 valence electrons. The van der Waals surface area contributed by atoms with Crippen LogP contribution in [0.15, 0.2) is 122 Å². The van der Waals surface area contributed by atoms with Crippen molar-refractivity contribution in [2.45, 2.75) is 90.9 Å². The van der Waals surface area contributed by atoms with E-state index >= 15 is 0 Å². The zero-order valence-corrected chi connectivity index (χ0v) is 43.5. The average molecular weight is 1240 g/mol. The van der Waals surface area contributed by atoms with E-state index in [1.807, 2.05) is 0 Å². The number of nitrogens with zero attached hydrogens (tertiary/aromatic N) is 8. The first-order chi connectivity index (χ1) is 34.6. The Hall–Kier alpha value is -5.20. The first-order valence-corrected chi connectivity index (χ1v) is 30.9. The van der Waals surface area contributed by atoms with Crippen molar-refractivity contribution in [2.75, 3.05) is 0 Å². The molecular formula is C42H48F24N8P4. The summed E-state index contributed by atoms with van der Waals surface area (Å²) in [7, 11) is -42.6. The molecule has 0 atom stereocenters. The van der Waals surface area contributed by atoms with Gasteiger partial charge in [0.05, 0.1) is 52.4 Å². The summed E-state index contributed by atoms with van der Waals surface area (Å²) in [5.41, 5.74) is 10.6. The molecule has 36 heteroatoms. The van der Waals surface area contributed by atoms with Crippen LogP contribution >= 0.6 is 31.2 Å². The van der Waals surface area contributed by atoms with Crippen LogP contribution in [-0.4, -0.2) is 18.3 Å². The van der Waals surface area contributed by atoms with Crippen LogP contribution in [0.3, 0.4) is 0 Å². The third-order valence-electron chi connectivity index (χ3n) is 10.8. The number of para-hydroxylation sites is 8. The molecule has 0 amide bonds. The summed E-state index contributed by atoms with van der Waals surface area (Å²) in [5.74, 6) is 0. The molecule has 8 nitrogen and oxygen atoms in total. The Morgan fingerprint density at radius 1 is 0.244 bits per heavy atom. The number of aromatic nitrogens is 8. The van der Waals surface area contributed by atoms with Crippen molar-refractivity contribution in [3.63, 3.8) is 0 Å². The van der Waals surface area contributed by atoms with Crippen LogP contribution in [0.2, 0.25) is 0 Å². The van der Waals surface area contributed by atoms with E-state index in [1.54, 1.807) is 0 Å². The Labute approximate surface area is 425 Å². The van der Waals surface area contributed by atoms with E-state index < -0.39 is 31.2 Å². The molecule has 0 radical (unpaired) electrons. The average Bonchev–Trinajstić information content (AvgIpc) is 3.98. The van der Waals surface area contributed by atoms with Gasteiger partial charge in [-0.05, 0) is 74.2 Å². The van der Waals surface area contributed by atoms with Gasteiger partial charge in [0.1, 0.15) is 0 Å². The third-order valence-corrected chi connectivity index (χ3v) is 10.8. The molecule has 0 aliphatic carbocycles. The fraction of sp³-hybridized carbons (Fsp3) is 0.333. The van der Waals surface area contributed by atoms with Gasteiger partial charge >= 0.3 is 132 Å². The second-order valence-corrected chi connectivity index (χ2v) is 25.6. The topological polar surface area (TPSA) is 35.2 Å². The number of halogens is 24. The van der Waals surface area contributed by atoms with Gasteiger partial charge in [0.25, 0.3) is 0 Å². The van der Waals surface area contributed by atoms with Crippen molar-refractivity contribution in [1.29, 1.82) is 0 Å². The molecule has 0 spiro atoms. The molecule has 1 aliphatic rings. The van der Waals surface area contributed by atoms with Crippen LogP contribution in [0.25, 0.3) is 44.1 Å². The van der Waals surface area contributed by atoms with Gasteiger partial charge in [-0.15, -0.1) is 0 Å². The largest absolute Gasteiger partial charge is 0.244 e. The molecule has 0 saturated carbocycles. The zero-order chi connectivity index (χ0) is 58.9. The Bertz CT molecular complexity index is 2910. The summed E-state index contributed by atoms with van der Waals surface area (Å²) < 4.78 is 257. The van der Waals surface area contributed by atoms with Gasteiger partial charge in [0.15, 0.2) is 44.1 Å². The second-order valence-electron chi connectivity index (χ2n) is 17.9. The monoisotopic (exact) mass is 1240 g/mol. The molecule has 8 bridgehead atoms. The van der Waals surface area contributed by atoms with Crippen molar-refractivity contribution < 1.29 is 119 Å². The summed E-state index contributed by atoms with van der Waals surface area (Å²) in [6, 6.07) is 35.7. The van der Waals surface area contributed by atoms with Gasteiger partial charge < -0.3 is 0 Å². The van der Waals surface area contributed by atoms with Crippen molar-refractivity contribution >= 4 is 75.4 Å². The van der Waals surface area contributed by atoms with Crippen molar-refractivity contribution in [1.82, 2.24) is 18.3 Å². The molecule has 9 rings (SSSR count). The van der Waals surface area contributed by atoms with Crippen molar-refractivity contribution in [3.05, 3.63) is 122 Å². The fourth-order valence-corrected chi connectivity index (χ4v) is 8.35. The van der Waals surface area contributed by atoms with Gasteiger partial charge in [0.2, 0.25) is 25.3 Å². The normalized spacial score (nSPS) is 18.4. The Kier molecular flexibility index (Phi) is 15.7. The Morgan fingerprint density at radius 3 is 0.564 bits per heavy atom. The van der Waals surface area contributed by atoms with Crippen LogP contribution in [-0.2, 0) is 52.4 Å². The molecule has 0 N–H and O–H groups in total. The number of hydrogen-bond donors (Lipinski definition) is 0. The second kappa shape index (κ2) is 19.2. The molecular weight excluding hydrogens is 1200 g/mol.